The zero-order valence-electron chi connectivity index (χ0n) is 13.7. The number of rotatable bonds is 8. The molecule has 0 radical (unpaired) electrons. The third-order valence-electron chi connectivity index (χ3n) is 3.24. The van der Waals surface area contributed by atoms with Crippen molar-refractivity contribution in [3.8, 4) is 5.75 Å². The Hall–Kier alpha value is -1.55. The molecule has 0 fully saturated rings. The first-order chi connectivity index (χ1) is 9.89. The van der Waals surface area contributed by atoms with Gasteiger partial charge in [0.25, 0.3) is 5.91 Å². The van der Waals surface area contributed by atoms with Crippen molar-refractivity contribution in [2.24, 2.45) is 0 Å². The number of amides is 1. The highest BCUT2D eigenvalue weighted by Gasteiger charge is 2.28. The minimum atomic E-state index is -0.831. The second kappa shape index (κ2) is 8.03. The van der Waals surface area contributed by atoms with Crippen LogP contribution in [-0.4, -0.2) is 24.2 Å². The molecule has 0 unspecified atom stereocenters. The molecule has 0 saturated heterocycles. The van der Waals surface area contributed by atoms with Crippen LogP contribution in [0.5, 0.6) is 5.75 Å². The zero-order valence-corrected chi connectivity index (χ0v) is 13.7. The zero-order chi connectivity index (χ0) is 15.9. The molecule has 0 spiro atoms. The van der Waals surface area contributed by atoms with E-state index in [1.807, 2.05) is 38.1 Å². The van der Waals surface area contributed by atoms with E-state index in [0.29, 0.717) is 6.61 Å². The quantitative estimate of drug-likeness (QED) is 0.788. The molecule has 118 valence electrons. The average Bonchev–Trinajstić information content (AvgIpc) is 2.47. The number of carbonyl (C=O) groups is 1. The van der Waals surface area contributed by atoms with Gasteiger partial charge in [-0.15, -0.1) is 0 Å². The van der Waals surface area contributed by atoms with Crippen LogP contribution in [0.3, 0.4) is 0 Å². The Morgan fingerprint density at radius 1 is 1.24 bits per heavy atom. The third-order valence-corrected chi connectivity index (χ3v) is 3.24. The van der Waals surface area contributed by atoms with Gasteiger partial charge < -0.3 is 14.8 Å². The molecule has 1 amide bonds. The highest BCUT2D eigenvalue weighted by Crippen LogP contribution is 2.19. The van der Waals surface area contributed by atoms with Crippen LogP contribution in [0.1, 0.15) is 47.5 Å². The maximum atomic E-state index is 12.2. The second-order valence-electron chi connectivity index (χ2n) is 5.67. The fourth-order valence-electron chi connectivity index (χ4n) is 1.64. The van der Waals surface area contributed by atoms with E-state index in [4.69, 9.17) is 9.47 Å². The number of carbonyl (C=O) groups excluding carboxylic acids is 1. The number of ether oxygens (including phenoxy) is 2. The van der Waals surface area contributed by atoms with Crippen LogP contribution in [0.15, 0.2) is 24.3 Å². The van der Waals surface area contributed by atoms with Crippen molar-refractivity contribution in [1.29, 1.82) is 0 Å². The standard InChI is InChI=1S/C17H27NO3/c1-6-12-20-17(4,5)16(19)18-14-8-10-15(11-9-14)21-13(3)7-2/h8-11,13H,6-7,12H2,1-5H3,(H,18,19)/t13-/m1/s1. The number of nitrogens with one attached hydrogen (secondary N) is 1. The van der Waals surface area contributed by atoms with Crippen molar-refractivity contribution >= 4 is 11.6 Å². The van der Waals surface area contributed by atoms with Crippen molar-refractivity contribution in [2.45, 2.75) is 59.2 Å². The van der Waals surface area contributed by atoms with E-state index in [-0.39, 0.29) is 12.0 Å². The van der Waals surface area contributed by atoms with Gasteiger partial charge in [0.2, 0.25) is 0 Å². The lowest BCUT2D eigenvalue weighted by molar-refractivity contribution is -0.137. The van der Waals surface area contributed by atoms with Gasteiger partial charge in [-0.2, -0.15) is 0 Å². The van der Waals surface area contributed by atoms with Crippen LogP contribution in [-0.2, 0) is 9.53 Å². The van der Waals surface area contributed by atoms with E-state index in [0.717, 1.165) is 24.3 Å². The maximum Gasteiger partial charge on any atom is 0.256 e. The molecular weight excluding hydrogens is 266 g/mol. The highest BCUT2D eigenvalue weighted by atomic mass is 16.5. The maximum absolute atomic E-state index is 12.2. The van der Waals surface area contributed by atoms with Gasteiger partial charge in [0, 0.05) is 12.3 Å². The summed E-state index contributed by atoms with van der Waals surface area (Å²) in [5, 5.41) is 2.87. The first kappa shape index (κ1) is 17.5. The lowest BCUT2D eigenvalue weighted by Crippen LogP contribution is -2.40. The Morgan fingerprint density at radius 2 is 1.86 bits per heavy atom. The lowest BCUT2D eigenvalue weighted by Gasteiger charge is -2.24. The summed E-state index contributed by atoms with van der Waals surface area (Å²) in [5.74, 6) is 0.662. The molecule has 21 heavy (non-hydrogen) atoms. The molecule has 4 nitrogen and oxygen atoms in total. The molecule has 1 aromatic rings. The van der Waals surface area contributed by atoms with Gasteiger partial charge in [-0.25, -0.2) is 0 Å². The van der Waals surface area contributed by atoms with E-state index >= 15 is 0 Å². The molecule has 0 bridgehead atoms. The summed E-state index contributed by atoms with van der Waals surface area (Å²) >= 11 is 0. The van der Waals surface area contributed by atoms with Gasteiger partial charge in [-0.05, 0) is 57.9 Å². The molecule has 0 aliphatic carbocycles. The van der Waals surface area contributed by atoms with Crippen LogP contribution >= 0.6 is 0 Å². The minimum absolute atomic E-state index is 0.147. The number of anilines is 1. The predicted octanol–water partition coefficient (Wildman–Crippen LogP) is 4.01. The van der Waals surface area contributed by atoms with Gasteiger partial charge in [-0.1, -0.05) is 13.8 Å². The Labute approximate surface area is 127 Å². The van der Waals surface area contributed by atoms with Crippen LogP contribution < -0.4 is 10.1 Å². The van der Waals surface area contributed by atoms with Gasteiger partial charge in [0.15, 0.2) is 0 Å². The van der Waals surface area contributed by atoms with E-state index in [9.17, 15) is 4.79 Å². The molecule has 4 heteroatoms. The summed E-state index contributed by atoms with van der Waals surface area (Å²) in [6, 6.07) is 7.40. The fourth-order valence-corrected chi connectivity index (χ4v) is 1.64. The van der Waals surface area contributed by atoms with E-state index in [2.05, 4.69) is 12.2 Å². The Kier molecular flexibility index (Phi) is 6.69. The van der Waals surface area contributed by atoms with Crippen molar-refractivity contribution in [3.05, 3.63) is 24.3 Å². The largest absolute Gasteiger partial charge is 0.491 e. The van der Waals surface area contributed by atoms with Crippen molar-refractivity contribution < 1.29 is 14.3 Å². The number of hydrogen-bond donors (Lipinski definition) is 1. The molecule has 0 aromatic heterocycles. The lowest BCUT2D eigenvalue weighted by atomic mass is 10.1. The molecular formula is C17H27NO3. The minimum Gasteiger partial charge on any atom is -0.491 e. The van der Waals surface area contributed by atoms with Crippen LogP contribution in [0.2, 0.25) is 0 Å². The highest BCUT2D eigenvalue weighted by molar-refractivity contribution is 5.96. The number of benzene rings is 1. The average molecular weight is 293 g/mol. The summed E-state index contributed by atoms with van der Waals surface area (Å²) < 4.78 is 11.3. The van der Waals surface area contributed by atoms with Crippen LogP contribution in [0, 0.1) is 0 Å². The van der Waals surface area contributed by atoms with Crippen LogP contribution in [0.4, 0.5) is 5.69 Å². The van der Waals surface area contributed by atoms with Crippen molar-refractivity contribution in [2.75, 3.05) is 11.9 Å². The third kappa shape index (κ3) is 5.76. The monoisotopic (exact) mass is 293 g/mol. The molecule has 1 aromatic carbocycles. The second-order valence-corrected chi connectivity index (χ2v) is 5.67. The number of hydrogen-bond acceptors (Lipinski definition) is 3. The molecule has 1 atom stereocenters. The Morgan fingerprint density at radius 3 is 2.38 bits per heavy atom. The molecule has 0 aliphatic heterocycles. The van der Waals surface area contributed by atoms with Gasteiger partial charge in [0.05, 0.1) is 6.10 Å². The predicted molar refractivity (Wildman–Crippen MR) is 85.8 cm³/mol. The molecule has 1 rings (SSSR count). The summed E-state index contributed by atoms with van der Waals surface area (Å²) in [6.45, 7) is 10.3. The van der Waals surface area contributed by atoms with Gasteiger partial charge in [0.1, 0.15) is 11.4 Å². The first-order valence-corrected chi connectivity index (χ1v) is 7.61. The normalized spacial score (nSPS) is 12.8. The first-order valence-electron chi connectivity index (χ1n) is 7.61. The smallest absolute Gasteiger partial charge is 0.256 e. The SMILES string of the molecule is CCCOC(C)(C)C(=O)Nc1ccc(O[C@H](C)CC)cc1. The Bertz CT molecular complexity index is 440. The summed E-state index contributed by atoms with van der Waals surface area (Å²) in [6.07, 6.45) is 2.03. The Balaban J connectivity index is 2.60. The fraction of sp³-hybridized carbons (Fsp3) is 0.588. The molecule has 0 heterocycles. The van der Waals surface area contributed by atoms with E-state index in [1.54, 1.807) is 13.8 Å². The van der Waals surface area contributed by atoms with Crippen molar-refractivity contribution in [3.63, 3.8) is 0 Å². The topological polar surface area (TPSA) is 47.6 Å². The van der Waals surface area contributed by atoms with Gasteiger partial charge >= 0.3 is 0 Å². The van der Waals surface area contributed by atoms with E-state index < -0.39 is 5.60 Å². The van der Waals surface area contributed by atoms with Crippen LogP contribution in [0.25, 0.3) is 0 Å². The van der Waals surface area contributed by atoms with Gasteiger partial charge in [-0.3, -0.25) is 4.79 Å². The van der Waals surface area contributed by atoms with Crippen molar-refractivity contribution in [1.82, 2.24) is 0 Å². The summed E-state index contributed by atoms with van der Waals surface area (Å²) in [7, 11) is 0. The molecule has 0 saturated carbocycles. The summed E-state index contributed by atoms with van der Waals surface area (Å²) in [5.41, 5.74) is -0.0910. The van der Waals surface area contributed by atoms with E-state index in [1.165, 1.54) is 0 Å². The summed E-state index contributed by atoms with van der Waals surface area (Å²) in [4.78, 5) is 12.2. The molecule has 1 N–H and O–H groups in total. The molecule has 0 aliphatic rings.